The summed E-state index contributed by atoms with van der Waals surface area (Å²) in [5.41, 5.74) is 5.59. The molecule has 2 N–H and O–H groups in total. The molecule has 1 unspecified atom stereocenters. The van der Waals surface area contributed by atoms with E-state index in [1.54, 1.807) is 38.4 Å². The first-order chi connectivity index (χ1) is 14.9. The Morgan fingerprint density at radius 3 is 2.61 bits per heavy atom. The summed E-state index contributed by atoms with van der Waals surface area (Å²) in [6.07, 6.45) is 1.22. The van der Waals surface area contributed by atoms with Gasteiger partial charge in [-0.1, -0.05) is 22.0 Å². The van der Waals surface area contributed by atoms with E-state index in [4.69, 9.17) is 13.9 Å². The van der Waals surface area contributed by atoms with Crippen LogP contribution in [0.2, 0.25) is 0 Å². The lowest BCUT2D eigenvalue weighted by atomic mass is 10.2. The van der Waals surface area contributed by atoms with Crippen molar-refractivity contribution in [1.82, 2.24) is 15.8 Å². The number of carbonyl (C=O) groups excluding carboxylic acids is 2. The minimum absolute atomic E-state index is 0.101. The standard InChI is InChI=1S/C22H22BrN3O5/c1-14(30-18-5-3-4-16(23)12-18)22(28)26-25-20(27)10-11-21-24-13-19(31-21)15-6-8-17(29-2)9-7-15/h3-9,12-14H,10-11H2,1-2H3,(H,25,27)(H,26,28). The predicted octanol–water partition coefficient (Wildman–Crippen LogP) is 3.66. The van der Waals surface area contributed by atoms with Crippen LogP contribution in [0.15, 0.2) is 63.6 Å². The maximum absolute atomic E-state index is 12.1. The molecular weight excluding hydrogens is 466 g/mol. The second kappa shape index (κ2) is 10.6. The first-order valence-corrected chi connectivity index (χ1v) is 10.3. The number of rotatable bonds is 8. The van der Waals surface area contributed by atoms with Crippen molar-refractivity contribution in [3.63, 3.8) is 0 Å². The third-order valence-corrected chi connectivity index (χ3v) is 4.79. The molecule has 0 aliphatic carbocycles. The summed E-state index contributed by atoms with van der Waals surface area (Å²) in [5.74, 6) is 1.49. The number of amides is 2. The molecule has 3 aromatic rings. The van der Waals surface area contributed by atoms with Crippen molar-refractivity contribution in [3.8, 4) is 22.8 Å². The normalized spacial score (nSPS) is 11.5. The number of aryl methyl sites for hydroxylation is 1. The molecule has 1 heterocycles. The van der Waals surface area contributed by atoms with Crippen LogP contribution < -0.4 is 20.3 Å². The van der Waals surface area contributed by atoms with Crippen LogP contribution in [-0.2, 0) is 16.0 Å². The van der Waals surface area contributed by atoms with Gasteiger partial charge in [0.25, 0.3) is 5.91 Å². The second-order valence-corrected chi connectivity index (χ2v) is 7.52. The summed E-state index contributed by atoms with van der Waals surface area (Å²) in [6, 6.07) is 14.5. The largest absolute Gasteiger partial charge is 0.497 e. The summed E-state index contributed by atoms with van der Waals surface area (Å²) >= 11 is 3.34. The van der Waals surface area contributed by atoms with Crippen LogP contribution >= 0.6 is 15.9 Å². The molecule has 0 bridgehead atoms. The summed E-state index contributed by atoms with van der Waals surface area (Å²) in [5, 5.41) is 0. The minimum atomic E-state index is -0.784. The number of carbonyl (C=O) groups is 2. The molecule has 2 amide bonds. The number of nitrogens with one attached hydrogen (secondary N) is 2. The van der Waals surface area contributed by atoms with Crippen LogP contribution in [0.3, 0.4) is 0 Å². The van der Waals surface area contributed by atoms with E-state index in [1.165, 1.54) is 0 Å². The Morgan fingerprint density at radius 1 is 1.13 bits per heavy atom. The smallest absolute Gasteiger partial charge is 0.279 e. The summed E-state index contributed by atoms with van der Waals surface area (Å²) < 4.78 is 17.2. The van der Waals surface area contributed by atoms with E-state index in [0.717, 1.165) is 15.8 Å². The van der Waals surface area contributed by atoms with Crippen molar-refractivity contribution in [2.45, 2.75) is 25.9 Å². The number of ether oxygens (including phenoxy) is 2. The number of hydrogen-bond acceptors (Lipinski definition) is 6. The Labute approximate surface area is 188 Å². The Bertz CT molecular complexity index is 1040. The average Bonchev–Trinajstić information content (AvgIpc) is 3.25. The molecule has 0 saturated heterocycles. The van der Waals surface area contributed by atoms with Gasteiger partial charge in [0.2, 0.25) is 5.91 Å². The molecule has 0 radical (unpaired) electrons. The highest BCUT2D eigenvalue weighted by atomic mass is 79.9. The van der Waals surface area contributed by atoms with Gasteiger partial charge < -0.3 is 13.9 Å². The second-order valence-electron chi connectivity index (χ2n) is 6.60. The van der Waals surface area contributed by atoms with Crippen molar-refractivity contribution in [3.05, 3.63) is 65.1 Å². The Balaban J connectivity index is 1.42. The van der Waals surface area contributed by atoms with Gasteiger partial charge in [0.15, 0.2) is 17.8 Å². The molecule has 0 spiro atoms. The monoisotopic (exact) mass is 487 g/mol. The van der Waals surface area contributed by atoms with Gasteiger partial charge in [0.1, 0.15) is 11.5 Å². The molecule has 2 aromatic carbocycles. The number of benzene rings is 2. The fourth-order valence-electron chi connectivity index (χ4n) is 2.63. The van der Waals surface area contributed by atoms with Crippen LogP contribution in [-0.4, -0.2) is 30.0 Å². The zero-order chi connectivity index (χ0) is 22.2. The van der Waals surface area contributed by atoms with E-state index in [0.29, 0.717) is 23.8 Å². The van der Waals surface area contributed by atoms with E-state index in [-0.39, 0.29) is 12.3 Å². The van der Waals surface area contributed by atoms with Crippen molar-refractivity contribution >= 4 is 27.7 Å². The first-order valence-electron chi connectivity index (χ1n) is 9.54. The maximum atomic E-state index is 12.1. The SMILES string of the molecule is COc1ccc(-c2cnc(CCC(=O)NNC(=O)C(C)Oc3cccc(Br)c3)o2)cc1. The van der Waals surface area contributed by atoms with E-state index < -0.39 is 12.0 Å². The Kier molecular flexibility index (Phi) is 7.66. The number of hydrogen-bond donors (Lipinski definition) is 2. The van der Waals surface area contributed by atoms with Crippen molar-refractivity contribution in [1.29, 1.82) is 0 Å². The van der Waals surface area contributed by atoms with Crippen LogP contribution in [0.1, 0.15) is 19.2 Å². The molecule has 0 aliphatic rings. The van der Waals surface area contributed by atoms with Gasteiger partial charge in [-0.25, -0.2) is 4.98 Å². The molecule has 1 aromatic heterocycles. The van der Waals surface area contributed by atoms with Gasteiger partial charge in [-0.2, -0.15) is 0 Å². The van der Waals surface area contributed by atoms with E-state index in [9.17, 15) is 9.59 Å². The maximum Gasteiger partial charge on any atom is 0.279 e. The highest BCUT2D eigenvalue weighted by molar-refractivity contribution is 9.10. The van der Waals surface area contributed by atoms with Crippen LogP contribution in [0.25, 0.3) is 11.3 Å². The Hall–Kier alpha value is -3.33. The molecule has 31 heavy (non-hydrogen) atoms. The van der Waals surface area contributed by atoms with Crippen molar-refractivity contribution in [2.75, 3.05) is 7.11 Å². The van der Waals surface area contributed by atoms with Gasteiger partial charge in [-0.15, -0.1) is 0 Å². The van der Waals surface area contributed by atoms with E-state index in [1.807, 2.05) is 30.3 Å². The van der Waals surface area contributed by atoms with Crippen LogP contribution in [0.4, 0.5) is 0 Å². The molecular formula is C22H22BrN3O5. The quantitative estimate of drug-likeness (QED) is 0.470. The zero-order valence-corrected chi connectivity index (χ0v) is 18.6. The molecule has 8 nitrogen and oxygen atoms in total. The molecule has 0 fully saturated rings. The molecule has 0 aliphatic heterocycles. The predicted molar refractivity (Wildman–Crippen MR) is 117 cm³/mol. The molecule has 162 valence electrons. The average molecular weight is 488 g/mol. The highest BCUT2D eigenvalue weighted by Gasteiger charge is 2.16. The lowest BCUT2D eigenvalue weighted by Gasteiger charge is -2.15. The molecule has 1 atom stereocenters. The summed E-state index contributed by atoms with van der Waals surface area (Å²) in [7, 11) is 1.60. The summed E-state index contributed by atoms with van der Waals surface area (Å²) in [4.78, 5) is 28.3. The summed E-state index contributed by atoms with van der Waals surface area (Å²) in [6.45, 7) is 1.59. The minimum Gasteiger partial charge on any atom is -0.497 e. The topological polar surface area (TPSA) is 103 Å². The van der Waals surface area contributed by atoms with Crippen LogP contribution in [0.5, 0.6) is 11.5 Å². The fourth-order valence-corrected chi connectivity index (χ4v) is 3.01. The van der Waals surface area contributed by atoms with Crippen molar-refractivity contribution < 1.29 is 23.5 Å². The van der Waals surface area contributed by atoms with Crippen molar-refractivity contribution in [2.24, 2.45) is 0 Å². The number of methoxy groups -OCH3 is 1. The number of halogens is 1. The van der Waals surface area contributed by atoms with Gasteiger partial charge >= 0.3 is 0 Å². The van der Waals surface area contributed by atoms with Gasteiger partial charge in [0, 0.05) is 22.9 Å². The first kappa shape index (κ1) is 22.4. The third-order valence-electron chi connectivity index (χ3n) is 4.30. The number of aromatic nitrogens is 1. The van der Waals surface area contributed by atoms with E-state index >= 15 is 0 Å². The number of oxazole rings is 1. The van der Waals surface area contributed by atoms with Crippen LogP contribution in [0, 0.1) is 0 Å². The van der Waals surface area contributed by atoms with Gasteiger partial charge in [-0.3, -0.25) is 20.4 Å². The molecule has 0 saturated carbocycles. The fraction of sp³-hybridized carbons (Fsp3) is 0.227. The third kappa shape index (κ3) is 6.58. The molecule has 9 heteroatoms. The van der Waals surface area contributed by atoms with E-state index in [2.05, 4.69) is 31.8 Å². The lowest BCUT2D eigenvalue weighted by Crippen LogP contribution is -2.47. The number of hydrazine groups is 1. The number of nitrogens with zero attached hydrogens (tertiary/aromatic N) is 1. The van der Waals surface area contributed by atoms with Gasteiger partial charge in [-0.05, 0) is 49.4 Å². The van der Waals surface area contributed by atoms with Gasteiger partial charge in [0.05, 0.1) is 13.3 Å². The Morgan fingerprint density at radius 2 is 1.90 bits per heavy atom. The lowest BCUT2D eigenvalue weighted by molar-refractivity contribution is -0.132. The zero-order valence-electron chi connectivity index (χ0n) is 17.1. The highest BCUT2D eigenvalue weighted by Crippen LogP contribution is 2.23. The molecule has 3 rings (SSSR count).